The molecule has 20 heavy (non-hydrogen) atoms. The van der Waals surface area contributed by atoms with Gasteiger partial charge in [0.15, 0.2) is 0 Å². The molecule has 0 aromatic rings. The third kappa shape index (κ3) is 43.5. The highest BCUT2D eigenvalue weighted by atomic mass is 32.2. The number of nitrogens with one attached hydrogen (secondary N) is 1. The van der Waals surface area contributed by atoms with Gasteiger partial charge in [-0.2, -0.15) is 0 Å². The van der Waals surface area contributed by atoms with Gasteiger partial charge in [-0.15, -0.1) is 11.8 Å². The van der Waals surface area contributed by atoms with Gasteiger partial charge in [-0.25, -0.2) is 0 Å². The molecule has 0 amide bonds. The molecule has 0 saturated heterocycles. The van der Waals surface area contributed by atoms with Gasteiger partial charge in [0.2, 0.25) is 0 Å². The van der Waals surface area contributed by atoms with Gasteiger partial charge in [-0.05, 0) is 51.4 Å². The molecule has 0 unspecified atom stereocenters. The molecule has 0 spiro atoms. The molecule has 0 saturated carbocycles. The second-order valence-electron chi connectivity index (χ2n) is 3.29. The van der Waals surface area contributed by atoms with Crippen LogP contribution < -0.4 is 5.32 Å². The molecule has 0 atom stereocenters. The fourth-order valence-corrected chi connectivity index (χ4v) is 0.834. The molecule has 0 aliphatic rings. The van der Waals surface area contributed by atoms with Crippen molar-refractivity contribution in [2.24, 2.45) is 0 Å². The lowest BCUT2D eigenvalue weighted by Gasteiger charge is -1.95. The molecule has 0 rings (SSSR count). The Morgan fingerprint density at radius 2 is 1.60 bits per heavy atom. The van der Waals surface area contributed by atoms with Crippen molar-refractivity contribution < 1.29 is 4.79 Å². The number of carbonyl (C=O) groups is 1. The molecule has 2 nitrogen and oxygen atoms in total. The third-order valence-corrected chi connectivity index (χ3v) is 2.54. The van der Waals surface area contributed by atoms with Crippen molar-refractivity contribution >= 4 is 18.0 Å². The van der Waals surface area contributed by atoms with Crippen LogP contribution in [0.15, 0.2) is 34.9 Å². The van der Waals surface area contributed by atoms with Crippen LogP contribution in [0.4, 0.5) is 0 Å². The summed E-state index contributed by atoms with van der Waals surface area (Å²) in [6, 6.07) is 0. The van der Waals surface area contributed by atoms with Crippen molar-refractivity contribution in [1.82, 2.24) is 5.32 Å². The maximum absolute atomic E-state index is 8.81. The zero-order valence-electron chi connectivity index (χ0n) is 14.9. The highest BCUT2D eigenvalue weighted by Crippen LogP contribution is 2.09. The fourth-order valence-electron chi connectivity index (χ4n) is 0.629. The maximum atomic E-state index is 8.81. The summed E-state index contributed by atoms with van der Waals surface area (Å²) in [6.45, 7) is 13.7. The topological polar surface area (TPSA) is 29.1 Å². The Bertz CT molecular complexity index is 238. The molecule has 120 valence electrons. The highest BCUT2D eigenvalue weighted by Gasteiger charge is 1.81. The van der Waals surface area contributed by atoms with Gasteiger partial charge in [-0.1, -0.05) is 39.0 Å². The Hall–Kier alpha value is -0.960. The number of carbonyl (C=O) groups excluding carboxylic acids is 1. The first-order chi connectivity index (χ1) is 9.53. The Morgan fingerprint density at radius 3 is 1.80 bits per heavy atom. The number of rotatable bonds is 4. The molecule has 0 bridgehead atoms. The lowest BCUT2D eigenvalue weighted by atomic mass is 10.4. The van der Waals surface area contributed by atoms with E-state index in [9.17, 15) is 0 Å². The van der Waals surface area contributed by atoms with Gasteiger partial charge < -0.3 is 10.1 Å². The van der Waals surface area contributed by atoms with Crippen molar-refractivity contribution in [1.29, 1.82) is 0 Å². The number of hydrogen-bond acceptors (Lipinski definition) is 3. The molecule has 0 aromatic heterocycles. The van der Waals surface area contributed by atoms with E-state index in [-0.39, 0.29) is 0 Å². The van der Waals surface area contributed by atoms with Crippen molar-refractivity contribution in [2.75, 3.05) is 13.3 Å². The summed E-state index contributed by atoms with van der Waals surface area (Å²) in [5.41, 5.74) is 1.19. The van der Waals surface area contributed by atoms with Crippen LogP contribution in [0, 0.1) is 0 Å². The highest BCUT2D eigenvalue weighted by molar-refractivity contribution is 8.02. The number of hydrogen-bond donors (Lipinski definition) is 1. The second-order valence-corrected chi connectivity index (χ2v) is 4.35. The maximum Gasteiger partial charge on any atom is 0.116 e. The van der Waals surface area contributed by atoms with Crippen molar-refractivity contribution in [3.8, 4) is 0 Å². The van der Waals surface area contributed by atoms with Crippen LogP contribution in [0.25, 0.3) is 0 Å². The fraction of sp³-hybridized carbons (Fsp3) is 0.588. The molecular formula is C17H35NOS. The smallest absolute Gasteiger partial charge is 0.116 e. The van der Waals surface area contributed by atoms with E-state index in [1.807, 2.05) is 34.7 Å². The van der Waals surface area contributed by atoms with E-state index in [2.05, 4.69) is 49.7 Å². The summed E-state index contributed by atoms with van der Waals surface area (Å²) < 4.78 is 0. The van der Waals surface area contributed by atoms with Gasteiger partial charge in [-0.3, -0.25) is 0 Å². The third-order valence-electron chi connectivity index (χ3n) is 1.76. The van der Waals surface area contributed by atoms with Gasteiger partial charge in [0, 0.05) is 12.7 Å². The van der Waals surface area contributed by atoms with Crippen LogP contribution in [0.1, 0.15) is 54.9 Å². The van der Waals surface area contributed by atoms with E-state index in [0.29, 0.717) is 0 Å². The van der Waals surface area contributed by atoms with E-state index in [0.717, 1.165) is 12.7 Å². The molecule has 0 heterocycles. The average molecular weight is 302 g/mol. The van der Waals surface area contributed by atoms with E-state index in [4.69, 9.17) is 4.79 Å². The molecule has 3 heteroatoms. The first-order valence-electron chi connectivity index (χ1n) is 7.11. The first kappa shape index (κ1) is 27.4. The Morgan fingerprint density at radius 1 is 1.15 bits per heavy atom. The Labute approximate surface area is 131 Å². The summed E-state index contributed by atoms with van der Waals surface area (Å²) >= 11 is 1.77. The van der Waals surface area contributed by atoms with E-state index < -0.39 is 0 Å². The first-order valence-corrected chi connectivity index (χ1v) is 8.34. The van der Waals surface area contributed by atoms with Gasteiger partial charge in [0.25, 0.3) is 0 Å². The molecule has 0 aromatic carbocycles. The standard InChI is InChI=1S/C8H15NS.C5H10.C2H4O.C2H6/c1-7(9-3)5-6-8(2)10-4;1-3-5-4-2;1-2-3;1-2/h5-6,9H,1-4H3;3,5H,4H2,1-2H3;2H,1H3;1-2H3/b7-5+,8-6+;5-3-;;. The van der Waals surface area contributed by atoms with Gasteiger partial charge in [0.05, 0.1) is 0 Å². The van der Waals surface area contributed by atoms with E-state index in [1.54, 1.807) is 11.8 Å². The normalized spacial score (nSPS) is 10.2. The number of allylic oxidation sites excluding steroid dienone is 6. The van der Waals surface area contributed by atoms with Crippen molar-refractivity contribution in [2.45, 2.75) is 54.9 Å². The lowest BCUT2D eigenvalue weighted by molar-refractivity contribution is -0.106. The monoisotopic (exact) mass is 301 g/mol. The predicted octanol–water partition coefficient (Wildman–Crippen LogP) is 5.58. The Kier molecular flexibility index (Phi) is 42.2. The van der Waals surface area contributed by atoms with Crippen LogP contribution >= 0.6 is 11.8 Å². The summed E-state index contributed by atoms with van der Waals surface area (Å²) in [5.74, 6) is 0. The van der Waals surface area contributed by atoms with Crippen molar-refractivity contribution in [3.63, 3.8) is 0 Å². The lowest BCUT2D eigenvalue weighted by Crippen LogP contribution is -2.00. The molecule has 0 radical (unpaired) electrons. The minimum atomic E-state index is 0.750. The molecule has 0 aliphatic carbocycles. The van der Waals surface area contributed by atoms with Crippen LogP contribution in [0.5, 0.6) is 0 Å². The molecule has 1 N–H and O–H groups in total. The van der Waals surface area contributed by atoms with E-state index >= 15 is 0 Å². The predicted molar refractivity (Wildman–Crippen MR) is 98.3 cm³/mol. The second kappa shape index (κ2) is 30.8. The summed E-state index contributed by atoms with van der Waals surface area (Å²) in [4.78, 5) is 10.1. The zero-order valence-corrected chi connectivity index (χ0v) is 15.7. The van der Waals surface area contributed by atoms with E-state index in [1.165, 1.54) is 17.5 Å². The number of aldehydes is 1. The quantitative estimate of drug-likeness (QED) is 0.417. The summed E-state index contributed by atoms with van der Waals surface area (Å²) in [5, 5.41) is 3.05. The minimum absolute atomic E-state index is 0.750. The number of thioether (sulfide) groups is 1. The largest absolute Gasteiger partial charge is 0.392 e. The van der Waals surface area contributed by atoms with Crippen LogP contribution in [0.3, 0.4) is 0 Å². The molecule has 0 fully saturated rings. The Balaban J connectivity index is -0.000000107. The van der Waals surface area contributed by atoms with Gasteiger partial charge in [0.1, 0.15) is 6.29 Å². The minimum Gasteiger partial charge on any atom is -0.392 e. The molecule has 0 aliphatic heterocycles. The molecular weight excluding hydrogens is 266 g/mol. The van der Waals surface area contributed by atoms with Crippen LogP contribution in [-0.2, 0) is 4.79 Å². The van der Waals surface area contributed by atoms with Crippen molar-refractivity contribution in [3.05, 3.63) is 34.9 Å². The SMILES string of the molecule is C/C=C\CC.CC.CC=O.CN/C(C)=C/C=C(\C)SC. The average Bonchev–Trinajstić information content (AvgIpc) is 2.48. The summed E-state index contributed by atoms with van der Waals surface area (Å²) in [7, 11) is 1.92. The summed E-state index contributed by atoms with van der Waals surface area (Å²) in [6.07, 6.45) is 12.4. The zero-order chi connectivity index (χ0) is 16.8. The van der Waals surface area contributed by atoms with Crippen LogP contribution in [-0.4, -0.2) is 19.6 Å². The van der Waals surface area contributed by atoms with Crippen LogP contribution in [0.2, 0.25) is 0 Å². The van der Waals surface area contributed by atoms with Gasteiger partial charge >= 0.3 is 0 Å².